The van der Waals surface area contributed by atoms with Crippen LogP contribution in [0.15, 0.2) is 59.4 Å². The maximum Gasteiger partial charge on any atom is 0.283 e. The van der Waals surface area contributed by atoms with Crippen molar-refractivity contribution < 1.29 is 22.3 Å². The molecular weight excluding hydrogens is 397 g/mol. The summed E-state index contributed by atoms with van der Waals surface area (Å²) >= 11 is 0. The van der Waals surface area contributed by atoms with Gasteiger partial charge in [0.05, 0.1) is 11.8 Å². The number of methoxy groups -OCH3 is 1. The van der Waals surface area contributed by atoms with Crippen molar-refractivity contribution >= 4 is 21.6 Å². The van der Waals surface area contributed by atoms with Crippen molar-refractivity contribution in [1.82, 2.24) is 9.71 Å². The van der Waals surface area contributed by atoms with Gasteiger partial charge in [-0.15, -0.1) is 0 Å². The number of ether oxygens (including phenoxy) is 1. The minimum atomic E-state index is -4.06. The van der Waals surface area contributed by atoms with Gasteiger partial charge in [-0.05, 0) is 24.6 Å². The molecule has 0 spiro atoms. The van der Waals surface area contributed by atoms with Crippen molar-refractivity contribution in [3.63, 3.8) is 0 Å². The van der Waals surface area contributed by atoms with Gasteiger partial charge in [0.15, 0.2) is 5.82 Å². The molecule has 1 aromatic heterocycles. The Balaban J connectivity index is 1.85. The lowest BCUT2D eigenvalue weighted by Crippen LogP contribution is -2.44. The standard InChI is InChI=1S/C20H22FN3O4S/c1-3-7-13-12-15(23-18(13)19-14(21)8-6-11-22-19)20(25)24-29(26,27)17-10-5-4-9-16(17)28-2/h4-6,8-13,16-17H,3,7H2,1-2H3,(H,24,25). The molecule has 3 rings (SSSR count). The highest BCUT2D eigenvalue weighted by atomic mass is 32.2. The molecule has 1 amide bonds. The van der Waals surface area contributed by atoms with Crippen molar-refractivity contribution in [1.29, 1.82) is 0 Å². The van der Waals surface area contributed by atoms with Gasteiger partial charge in [0.2, 0.25) is 10.0 Å². The molecule has 3 atom stereocenters. The fourth-order valence-electron chi connectivity index (χ4n) is 3.29. The molecule has 3 unspecified atom stereocenters. The molecule has 2 aliphatic rings. The van der Waals surface area contributed by atoms with Crippen LogP contribution in [0.1, 0.15) is 25.5 Å². The molecular formula is C20H22FN3O4S. The fourth-order valence-corrected chi connectivity index (χ4v) is 4.64. The molecule has 0 aromatic carbocycles. The van der Waals surface area contributed by atoms with Gasteiger partial charge in [0.25, 0.3) is 5.91 Å². The molecule has 0 saturated carbocycles. The number of allylic oxidation sites excluding steroid dienone is 3. The van der Waals surface area contributed by atoms with Gasteiger partial charge in [-0.3, -0.25) is 9.78 Å². The third-order valence-electron chi connectivity index (χ3n) is 4.69. The maximum absolute atomic E-state index is 14.2. The Hall–Kier alpha value is -2.65. The summed E-state index contributed by atoms with van der Waals surface area (Å²) in [4.78, 5) is 20.9. The van der Waals surface area contributed by atoms with Crippen LogP contribution in [0, 0.1) is 11.7 Å². The molecule has 1 aromatic rings. The highest BCUT2D eigenvalue weighted by Gasteiger charge is 2.35. The molecule has 2 heterocycles. The molecule has 1 aliphatic heterocycles. The van der Waals surface area contributed by atoms with Crippen molar-refractivity contribution in [3.8, 4) is 0 Å². The van der Waals surface area contributed by atoms with E-state index in [-0.39, 0.29) is 17.3 Å². The first kappa shape index (κ1) is 21.1. The van der Waals surface area contributed by atoms with Gasteiger partial charge < -0.3 is 4.74 Å². The molecule has 154 valence electrons. The van der Waals surface area contributed by atoms with Gasteiger partial charge in [0, 0.05) is 19.2 Å². The number of carbonyl (C=O) groups excluding carboxylic acids is 1. The molecule has 1 N–H and O–H groups in total. The lowest BCUT2D eigenvalue weighted by molar-refractivity contribution is -0.115. The van der Waals surface area contributed by atoms with Crippen LogP contribution in [0.2, 0.25) is 0 Å². The zero-order valence-corrected chi connectivity index (χ0v) is 16.9. The summed E-state index contributed by atoms with van der Waals surface area (Å²) in [5.41, 5.74) is 0.312. The van der Waals surface area contributed by atoms with Crippen molar-refractivity contribution in [2.24, 2.45) is 10.9 Å². The molecule has 9 heteroatoms. The average molecular weight is 419 g/mol. The number of sulfonamides is 1. The SMILES string of the molecule is CCCC1C=C(C(=O)NS(=O)(=O)C2C=CC=CC2OC)N=C1c1ncccc1F. The number of rotatable bonds is 7. The highest BCUT2D eigenvalue weighted by molar-refractivity contribution is 7.90. The lowest BCUT2D eigenvalue weighted by atomic mass is 9.96. The first-order chi connectivity index (χ1) is 13.9. The van der Waals surface area contributed by atoms with Gasteiger partial charge in [-0.25, -0.2) is 22.5 Å². The number of hydrogen-bond donors (Lipinski definition) is 1. The summed E-state index contributed by atoms with van der Waals surface area (Å²) in [7, 11) is -2.67. The largest absolute Gasteiger partial charge is 0.376 e. The second-order valence-electron chi connectivity index (χ2n) is 6.69. The van der Waals surface area contributed by atoms with Crippen LogP contribution in [-0.2, 0) is 19.6 Å². The van der Waals surface area contributed by atoms with Crippen LogP contribution in [0.4, 0.5) is 4.39 Å². The van der Waals surface area contributed by atoms with E-state index in [2.05, 4.69) is 14.7 Å². The zero-order chi connectivity index (χ0) is 21.0. The second kappa shape index (κ2) is 8.79. The number of nitrogens with one attached hydrogen (secondary N) is 1. The summed E-state index contributed by atoms with van der Waals surface area (Å²) in [5.74, 6) is -1.73. The Labute approximate surface area is 169 Å². The maximum atomic E-state index is 14.2. The number of halogens is 1. The van der Waals surface area contributed by atoms with E-state index in [4.69, 9.17) is 4.74 Å². The Morgan fingerprint density at radius 3 is 2.76 bits per heavy atom. The number of nitrogens with zero attached hydrogens (tertiary/aromatic N) is 2. The molecule has 1 aliphatic carbocycles. The molecule has 7 nitrogen and oxygen atoms in total. The fraction of sp³-hybridized carbons (Fsp3) is 0.350. The van der Waals surface area contributed by atoms with Gasteiger partial charge in [-0.2, -0.15) is 0 Å². The number of amides is 1. The van der Waals surface area contributed by atoms with E-state index in [1.54, 1.807) is 24.3 Å². The van der Waals surface area contributed by atoms with Gasteiger partial charge in [-0.1, -0.05) is 37.6 Å². The highest BCUT2D eigenvalue weighted by Crippen LogP contribution is 2.26. The van der Waals surface area contributed by atoms with E-state index in [0.29, 0.717) is 12.1 Å². The van der Waals surface area contributed by atoms with Gasteiger partial charge >= 0.3 is 0 Å². The first-order valence-electron chi connectivity index (χ1n) is 9.22. The minimum absolute atomic E-state index is 0.0626. The van der Waals surface area contributed by atoms with Crippen LogP contribution in [0.5, 0.6) is 0 Å². The summed E-state index contributed by atoms with van der Waals surface area (Å²) in [6, 6.07) is 2.74. The predicted molar refractivity (Wildman–Crippen MR) is 107 cm³/mol. The molecule has 0 fully saturated rings. The van der Waals surface area contributed by atoms with Crippen molar-refractivity contribution in [2.75, 3.05) is 7.11 Å². The van der Waals surface area contributed by atoms with Crippen LogP contribution >= 0.6 is 0 Å². The molecule has 0 bridgehead atoms. The summed E-state index contributed by atoms with van der Waals surface area (Å²) in [6.45, 7) is 1.95. The average Bonchev–Trinajstić information content (AvgIpc) is 3.12. The number of pyridine rings is 1. The number of carbonyl (C=O) groups is 1. The Bertz CT molecular complexity index is 1010. The van der Waals surface area contributed by atoms with E-state index < -0.39 is 33.1 Å². The molecule has 0 radical (unpaired) electrons. The van der Waals surface area contributed by atoms with Crippen LogP contribution in [-0.4, -0.2) is 43.5 Å². The third-order valence-corrected chi connectivity index (χ3v) is 6.30. The van der Waals surface area contributed by atoms with Crippen LogP contribution in [0.3, 0.4) is 0 Å². The quantitative estimate of drug-likeness (QED) is 0.731. The Morgan fingerprint density at radius 1 is 1.31 bits per heavy atom. The Kier molecular flexibility index (Phi) is 6.39. The zero-order valence-electron chi connectivity index (χ0n) is 16.1. The number of aliphatic imine (C=N–C) groups is 1. The number of aromatic nitrogens is 1. The summed E-state index contributed by atoms with van der Waals surface area (Å²) in [6.07, 6.45) is 9.99. The van der Waals surface area contributed by atoms with Crippen LogP contribution < -0.4 is 4.72 Å². The number of hydrogen-bond acceptors (Lipinski definition) is 6. The minimum Gasteiger partial charge on any atom is -0.376 e. The van der Waals surface area contributed by atoms with Crippen molar-refractivity contribution in [3.05, 3.63) is 65.9 Å². The van der Waals surface area contributed by atoms with E-state index >= 15 is 0 Å². The lowest BCUT2D eigenvalue weighted by Gasteiger charge is -2.22. The Morgan fingerprint density at radius 2 is 2.07 bits per heavy atom. The van der Waals surface area contributed by atoms with E-state index in [0.717, 1.165) is 6.42 Å². The summed E-state index contributed by atoms with van der Waals surface area (Å²) in [5, 5.41) is -1.05. The van der Waals surface area contributed by atoms with Crippen LogP contribution in [0.25, 0.3) is 0 Å². The predicted octanol–water partition coefficient (Wildman–Crippen LogP) is 2.28. The smallest absolute Gasteiger partial charge is 0.283 e. The molecule has 29 heavy (non-hydrogen) atoms. The van der Waals surface area contributed by atoms with E-state index in [1.165, 1.54) is 31.5 Å². The topological polar surface area (TPSA) is 97.7 Å². The normalized spacial score (nSPS) is 23.6. The van der Waals surface area contributed by atoms with E-state index in [9.17, 15) is 17.6 Å². The second-order valence-corrected chi connectivity index (χ2v) is 8.53. The summed E-state index contributed by atoms with van der Waals surface area (Å²) < 4.78 is 46.8. The van der Waals surface area contributed by atoms with Crippen molar-refractivity contribution in [2.45, 2.75) is 31.1 Å². The third kappa shape index (κ3) is 4.51. The first-order valence-corrected chi connectivity index (χ1v) is 10.8. The molecule has 0 saturated heterocycles. The monoisotopic (exact) mass is 419 g/mol. The van der Waals surface area contributed by atoms with E-state index in [1.807, 2.05) is 6.92 Å². The van der Waals surface area contributed by atoms with Gasteiger partial charge in [0.1, 0.15) is 16.6 Å².